The Labute approximate surface area is 208 Å². The Bertz CT molecular complexity index is 1320. The number of hydrogen-bond acceptors (Lipinski definition) is 4. The highest BCUT2D eigenvalue weighted by molar-refractivity contribution is 9.10. The van der Waals surface area contributed by atoms with Crippen LogP contribution < -0.4 is 0 Å². The minimum atomic E-state index is -0.750. The Kier molecular flexibility index (Phi) is 6.97. The summed E-state index contributed by atoms with van der Waals surface area (Å²) in [7, 11) is 0. The molecule has 4 nitrogen and oxygen atoms in total. The fraction of sp³-hybridized carbons (Fsp3) is 0.0500. The summed E-state index contributed by atoms with van der Waals surface area (Å²) < 4.78 is 3.17. The summed E-state index contributed by atoms with van der Waals surface area (Å²) in [6.07, 6.45) is 5.56. The van der Waals surface area contributed by atoms with E-state index in [9.17, 15) is 0 Å². The van der Waals surface area contributed by atoms with Gasteiger partial charge in [0.15, 0.2) is 10.1 Å². The number of hydrogen-bond donors (Lipinski definition) is 0. The summed E-state index contributed by atoms with van der Waals surface area (Å²) in [6.45, 7) is 0. The number of nitrogens with zero attached hydrogens (tertiary/aromatic N) is 4. The molecule has 0 aliphatic carbocycles. The van der Waals surface area contributed by atoms with Crippen LogP contribution >= 0.6 is 78.0 Å². The highest BCUT2D eigenvalue weighted by atomic mass is 79.9. The Balaban J connectivity index is 0.000000503. The van der Waals surface area contributed by atoms with Gasteiger partial charge < -0.3 is 0 Å². The predicted octanol–water partition coefficient (Wildman–Crippen LogP) is 8.21. The first kappa shape index (κ1) is 22.0. The average molecular weight is 606 g/mol. The quantitative estimate of drug-likeness (QED) is 0.151. The van der Waals surface area contributed by atoms with Crippen LogP contribution in [0.1, 0.15) is 0 Å². The van der Waals surface area contributed by atoms with Crippen molar-refractivity contribution in [2.24, 2.45) is 0 Å². The first-order valence-corrected chi connectivity index (χ1v) is 12.3. The Hall–Kier alpha value is -1.22. The minimum absolute atomic E-state index is 0.750. The van der Waals surface area contributed by atoms with E-state index in [1.54, 1.807) is 23.7 Å². The molecule has 1 aromatic carbocycles. The molecule has 0 saturated carbocycles. The van der Waals surface area contributed by atoms with Gasteiger partial charge in [0.2, 0.25) is 0 Å². The van der Waals surface area contributed by atoms with Crippen LogP contribution in [0.3, 0.4) is 0 Å². The molecule has 0 aliphatic rings. The summed E-state index contributed by atoms with van der Waals surface area (Å²) in [5.74, 6) is 0.801. The van der Waals surface area contributed by atoms with Gasteiger partial charge in [0, 0.05) is 38.3 Å². The first-order valence-electron chi connectivity index (χ1n) is 8.48. The van der Waals surface area contributed by atoms with Gasteiger partial charge in [0.25, 0.3) is 0 Å². The first-order chi connectivity index (χ1) is 14.4. The molecule has 4 aromatic heterocycles. The molecular formula is C20H11Br2Cl3N4S. The minimum Gasteiger partial charge on any atom is -0.290 e. The molecule has 0 amide bonds. The highest BCUT2D eigenvalue weighted by Gasteiger charge is 2.16. The van der Waals surface area contributed by atoms with Crippen LogP contribution in [0.5, 0.6) is 0 Å². The second-order valence-corrected chi connectivity index (χ2v) is 10.7. The number of halogens is 5. The molecule has 0 N–H and O–H groups in total. The zero-order valence-electron chi connectivity index (χ0n) is 14.9. The van der Waals surface area contributed by atoms with E-state index in [0.29, 0.717) is 0 Å². The molecule has 152 valence electrons. The molecule has 0 fully saturated rings. The van der Waals surface area contributed by atoms with E-state index in [0.717, 1.165) is 47.3 Å². The van der Waals surface area contributed by atoms with Gasteiger partial charge >= 0.3 is 0 Å². The fourth-order valence-corrected chi connectivity index (χ4v) is 4.58. The maximum absolute atomic E-state index is 4.94. The summed E-state index contributed by atoms with van der Waals surface area (Å²) in [4.78, 5) is 14.1. The van der Waals surface area contributed by atoms with E-state index in [-0.39, 0.29) is 0 Å². The van der Waals surface area contributed by atoms with E-state index >= 15 is 0 Å². The second kappa shape index (κ2) is 9.51. The smallest absolute Gasteiger partial charge is 0.180 e. The van der Waals surface area contributed by atoms with Gasteiger partial charge in [0.1, 0.15) is 10.7 Å². The number of fused-ring (bicyclic) bond motifs is 3. The molecule has 5 aromatic rings. The third-order valence-electron chi connectivity index (χ3n) is 4.15. The molecule has 0 spiro atoms. The van der Waals surface area contributed by atoms with Crippen molar-refractivity contribution in [3.63, 3.8) is 0 Å². The Morgan fingerprint density at radius 3 is 2.40 bits per heavy atom. The summed E-state index contributed by atoms with van der Waals surface area (Å²) >= 11 is 23.2. The maximum atomic E-state index is 4.94. The van der Waals surface area contributed by atoms with Gasteiger partial charge in [-0.2, -0.15) is 0 Å². The van der Waals surface area contributed by atoms with Crippen molar-refractivity contribution in [2.75, 3.05) is 0 Å². The van der Waals surface area contributed by atoms with Crippen molar-refractivity contribution in [3.05, 3.63) is 69.3 Å². The van der Waals surface area contributed by atoms with Crippen molar-refractivity contribution < 1.29 is 0 Å². The summed E-state index contributed by atoms with van der Waals surface area (Å²) in [5.41, 5.74) is 2.55. The average Bonchev–Trinajstić information content (AvgIpc) is 3.38. The maximum Gasteiger partial charge on any atom is 0.180 e. The lowest BCUT2D eigenvalue weighted by molar-refractivity contribution is 1.08. The number of imidazole rings is 1. The molecule has 10 heteroatoms. The van der Waals surface area contributed by atoms with Crippen LogP contribution in [0.4, 0.5) is 0 Å². The number of pyridine rings is 2. The van der Waals surface area contributed by atoms with E-state index in [1.165, 1.54) is 0 Å². The van der Waals surface area contributed by atoms with Crippen LogP contribution in [0, 0.1) is 0 Å². The van der Waals surface area contributed by atoms with Crippen LogP contribution in [0.25, 0.3) is 38.3 Å². The fourth-order valence-electron chi connectivity index (χ4n) is 3.00. The van der Waals surface area contributed by atoms with Crippen LogP contribution in [0.2, 0.25) is 0 Å². The van der Waals surface area contributed by atoms with Gasteiger partial charge in [-0.1, -0.05) is 46.9 Å². The van der Waals surface area contributed by atoms with Gasteiger partial charge in [-0.3, -0.25) is 9.55 Å². The van der Waals surface area contributed by atoms with Crippen LogP contribution in [-0.4, -0.2) is 23.8 Å². The van der Waals surface area contributed by atoms with Crippen molar-refractivity contribution in [2.45, 2.75) is 4.30 Å². The SMILES string of the molecule is Brc1cnc2c(ccc3cc(Br)c(-c4nccn4-c4cccs4)nc32)c1.ClC(Cl)Cl. The summed E-state index contributed by atoms with van der Waals surface area (Å²) in [5, 5.41) is 5.25. The van der Waals surface area contributed by atoms with E-state index in [4.69, 9.17) is 39.8 Å². The Morgan fingerprint density at radius 1 is 0.967 bits per heavy atom. The third kappa shape index (κ3) is 4.66. The van der Waals surface area contributed by atoms with Crippen molar-refractivity contribution in [1.82, 2.24) is 19.5 Å². The summed E-state index contributed by atoms with van der Waals surface area (Å²) in [6, 6.07) is 12.4. The molecule has 30 heavy (non-hydrogen) atoms. The van der Waals surface area contributed by atoms with Gasteiger partial charge in [-0.25, -0.2) is 9.97 Å². The molecule has 0 atom stereocenters. The number of aromatic nitrogens is 4. The normalized spacial score (nSPS) is 11.1. The molecule has 0 radical (unpaired) electrons. The Morgan fingerprint density at radius 2 is 1.70 bits per heavy atom. The zero-order chi connectivity index (χ0) is 21.3. The molecule has 0 bridgehead atoms. The lowest BCUT2D eigenvalue weighted by atomic mass is 10.1. The van der Waals surface area contributed by atoms with Gasteiger partial charge in [-0.05, 0) is 61.5 Å². The largest absolute Gasteiger partial charge is 0.290 e. The number of thiophene rings is 1. The van der Waals surface area contributed by atoms with Crippen molar-refractivity contribution in [3.8, 4) is 16.5 Å². The molecule has 0 aliphatic heterocycles. The van der Waals surface area contributed by atoms with E-state index in [2.05, 4.69) is 82.1 Å². The van der Waals surface area contributed by atoms with Crippen LogP contribution in [-0.2, 0) is 0 Å². The molecule has 0 saturated heterocycles. The van der Waals surface area contributed by atoms with E-state index < -0.39 is 4.30 Å². The number of alkyl halides is 3. The van der Waals surface area contributed by atoms with Crippen LogP contribution in [0.15, 0.2) is 69.3 Å². The van der Waals surface area contributed by atoms with E-state index in [1.807, 2.05) is 12.3 Å². The lowest BCUT2D eigenvalue weighted by Crippen LogP contribution is -1.98. The zero-order valence-corrected chi connectivity index (χ0v) is 21.2. The highest BCUT2D eigenvalue weighted by Crippen LogP contribution is 2.33. The number of rotatable bonds is 2. The van der Waals surface area contributed by atoms with Crippen molar-refractivity contribution in [1.29, 1.82) is 0 Å². The molecule has 5 rings (SSSR count). The molecule has 0 unspecified atom stereocenters. The molecular weight excluding hydrogens is 594 g/mol. The monoisotopic (exact) mass is 602 g/mol. The van der Waals surface area contributed by atoms with Gasteiger partial charge in [0.05, 0.1) is 11.0 Å². The topological polar surface area (TPSA) is 43.6 Å². The van der Waals surface area contributed by atoms with Gasteiger partial charge in [-0.15, -0.1) is 11.3 Å². The predicted molar refractivity (Wildman–Crippen MR) is 134 cm³/mol. The lowest BCUT2D eigenvalue weighted by Gasteiger charge is -2.10. The third-order valence-corrected chi connectivity index (χ3v) is 6.06. The number of benzene rings is 1. The standard InChI is InChI=1S/C19H10Br2N4S.CHCl3/c20-13-8-11-3-4-12-9-14(21)18(24-17(12)16(11)23-10-13)19-22-5-6-25(19)15-2-1-7-26-15;2-1(3)4/h1-10H;1H. The second-order valence-electron chi connectivity index (χ2n) is 6.00. The molecule has 4 heterocycles. The van der Waals surface area contributed by atoms with Crippen molar-refractivity contribution >= 4 is 99.8 Å².